The third kappa shape index (κ3) is 5.18. The molecule has 8 aromatic carbocycles. The normalized spacial score (nSPS) is 20.5. The lowest BCUT2D eigenvalue weighted by Crippen LogP contribution is -2.14. The van der Waals surface area contributed by atoms with E-state index in [0.29, 0.717) is 0 Å². The van der Waals surface area contributed by atoms with Gasteiger partial charge in [-0.1, -0.05) is 171 Å². The summed E-state index contributed by atoms with van der Waals surface area (Å²) in [7, 11) is 0. The smallest absolute Gasteiger partial charge is 0.160 e. The molecule has 0 spiro atoms. The molecule has 0 radical (unpaired) electrons. The standard InChI is InChI=1S/C51H36N2/c1-51(2)45-26-14-25-43(49(45)44-30-36-19-9-10-20-37(36)31-46(44)51)41-27-28-42(40-24-12-11-23-39(40)41)48-32-47(52-50(53-48)34-17-7-4-8-18-34)38-22-13-21-35(29-38)33-15-5-3-6-16-33/h3-32H,1-2H3/i3D,4D,5D,6D,7D,8D,9D,10D,11D,12D,13D,14D,15D,16D,17D,18D,19D,20D,21D,22D,23D,24D,25D,26D,27D,28D,29D,30D,31D. The molecule has 0 bridgehead atoms. The van der Waals surface area contributed by atoms with Crippen LogP contribution in [-0.2, 0) is 5.41 Å². The molecule has 1 heterocycles. The van der Waals surface area contributed by atoms with Crippen LogP contribution in [0.3, 0.4) is 0 Å². The Morgan fingerprint density at radius 3 is 1.77 bits per heavy atom. The van der Waals surface area contributed by atoms with E-state index >= 15 is 0 Å². The Labute approximate surface area is 350 Å². The first-order valence-electron chi connectivity index (χ1n) is 30.5. The van der Waals surface area contributed by atoms with Crippen molar-refractivity contribution in [3.05, 3.63) is 192 Å². The highest BCUT2D eigenvalue weighted by molar-refractivity contribution is 6.08. The van der Waals surface area contributed by atoms with Gasteiger partial charge in [-0.15, -0.1) is 0 Å². The minimum atomic E-state index is -1.61. The van der Waals surface area contributed by atoms with Gasteiger partial charge in [0.2, 0.25) is 0 Å². The van der Waals surface area contributed by atoms with E-state index in [1.54, 1.807) is 0 Å². The quantitative estimate of drug-likeness (QED) is 0.178. The van der Waals surface area contributed by atoms with Crippen molar-refractivity contribution in [2.75, 3.05) is 0 Å². The van der Waals surface area contributed by atoms with Crippen LogP contribution in [0.4, 0.5) is 0 Å². The van der Waals surface area contributed by atoms with Gasteiger partial charge in [0.25, 0.3) is 0 Å². The molecule has 2 nitrogen and oxygen atoms in total. The van der Waals surface area contributed by atoms with E-state index < -0.39 is 253 Å². The Morgan fingerprint density at radius 1 is 0.415 bits per heavy atom. The Morgan fingerprint density at radius 2 is 1.00 bits per heavy atom. The van der Waals surface area contributed by atoms with E-state index in [-0.39, 0.29) is 27.6 Å². The fourth-order valence-electron chi connectivity index (χ4n) is 6.43. The van der Waals surface area contributed by atoms with E-state index in [0.717, 1.165) is 6.07 Å². The molecule has 9 aromatic rings. The summed E-state index contributed by atoms with van der Waals surface area (Å²) < 4.78 is 260. The predicted octanol–water partition coefficient (Wildman–Crippen LogP) is 13.4. The Bertz CT molecular complexity index is 4470. The summed E-state index contributed by atoms with van der Waals surface area (Å²) in [6.07, 6.45) is 0. The molecule has 10 rings (SSSR count). The number of hydrogen-bond donors (Lipinski definition) is 0. The molecule has 1 aliphatic rings. The summed E-state index contributed by atoms with van der Waals surface area (Å²) in [5, 5.41) is -2.14. The van der Waals surface area contributed by atoms with Gasteiger partial charge in [-0.25, -0.2) is 9.97 Å². The molecule has 2 heteroatoms. The molecular formula is C51H36N2. The number of rotatable bonds is 5. The topological polar surface area (TPSA) is 25.8 Å². The third-order valence-electron chi connectivity index (χ3n) is 8.90. The van der Waals surface area contributed by atoms with Crippen LogP contribution < -0.4 is 0 Å². The van der Waals surface area contributed by atoms with E-state index in [4.69, 9.17) is 26.0 Å². The van der Waals surface area contributed by atoms with E-state index in [1.807, 2.05) is 0 Å². The molecule has 0 saturated heterocycles. The third-order valence-corrected chi connectivity index (χ3v) is 8.90. The molecule has 0 N–H and O–H groups in total. The zero-order valence-electron chi connectivity index (χ0n) is 56.5. The van der Waals surface area contributed by atoms with Gasteiger partial charge in [0.1, 0.15) is 0 Å². The SMILES string of the molecule is [2H]c1c([2H])c([2H])c(-c2nc(-c3c([2H])c([2H])c([2H])c(-c4c([2H])c([2H])c([2H])c([2H])c4[2H])c3[2H])cc(-c3c([2H])c([2H])c(-c4c([2H])c([2H])c([2H])c5c4-c4c(c([2H])c6c([2H])c([2H])c([2H])c([2H])c6c4[2H])C5(C)C)c4c([2H])c([2H])c([2H])c([2H])c34)n2)c([2H])c1[2H]. The molecule has 1 aromatic heterocycles. The molecule has 0 amide bonds. The highest BCUT2D eigenvalue weighted by Gasteiger charge is 2.37. The minimum absolute atomic E-state index is 0.0922. The summed E-state index contributed by atoms with van der Waals surface area (Å²) in [6, 6.07) is -24.1. The van der Waals surface area contributed by atoms with Gasteiger partial charge in [0, 0.05) is 22.1 Å². The fourth-order valence-corrected chi connectivity index (χ4v) is 6.43. The van der Waals surface area contributed by atoms with Crippen molar-refractivity contribution in [2.24, 2.45) is 0 Å². The van der Waals surface area contributed by atoms with Crippen LogP contribution in [0.25, 0.3) is 88.8 Å². The second-order valence-corrected chi connectivity index (χ2v) is 12.3. The lowest BCUT2D eigenvalue weighted by molar-refractivity contribution is 0.661. The lowest BCUT2D eigenvalue weighted by Gasteiger charge is -2.22. The van der Waals surface area contributed by atoms with Crippen LogP contribution in [0.5, 0.6) is 0 Å². The van der Waals surface area contributed by atoms with Crippen LogP contribution in [0.1, 0.15) is 64.7 Å². The van der Waals surface area contributed by atoms with Crippen molar-refractivity contribution in [1.29, 1.82) is 0 Å². The average Bonchev–Trinajstić information content (AvgIpc) is 3.19. The van der Waals surface area contributed by atoms with Crippen molar-refractivity contribution in [3.63, 3.8) is 0 Å². The van der Waals surface area contributed by atoms with Crippen molar-refractivity contribution < 1.29 is 39.8 Å². The molecule has 53 heavy (non-hydrogen) atoms. The Kier molecular flexibility index (Phi) is 3.10. The van der Waals surface area contributed by atoms with Gasteiger partial charge in [-0.05, 0) is 90.2 Å². The summed E-state index contributed by atoms with van der Waals surface area (Å²) in [5.41, 5.74) is -8.75. The molecule has 1 aliphatic carbocycles. The van der Waals surface area contributed by atoms with Crippen LogP contribution in [0, 0.1) is 0 Å². The Hall–Kier alpha value is -6.64. The zero-order chi connectivity index (χ0) is 60.8. The highest BCUT2D eigenvalue weighted by Crippen LogP contribution is 2.54. The first-order chi connectivity index (χ1) is 38.1. The number of benzene rings is 8. The summed E-state index contributed by atoms with van der Waals surface area (Å²) in [5.74, 6) is -0.840. The van der Waals surface area contributed by atoms with Crippen LogP contribution in [0.2, 0.25) is 0 Å². The van der Waals surface area contributed by atoms with Gasteiger partial charge in [-0.2, -0.15) is 0 Å². The number of aromatic nitrogens is 2. The maximum absolute atomic E-state index is 9.95. The van der Waals surface area contributed by atoms with Crippen molar-refractivity contribution in [2.45, 2.75) is 19.3 Å². The van der Waals surface area contributed by atoms with Gasteiger partial charge < -0.3 is 0 Å². The van der Waals surface area contributed by atoms with Gasteiger partial charge in [0.15, 0.2) is 5.82 Å². The van der Waals surface area contributed by atoms with Crippen LogP contribution >= 0.6 is 0 Å². The Balaban J connectivity index is 1.41. The number of hydrogen-bond acceptors (Lipinski definition) is 2. The monoisotopic (exact) mass is 705 g/mol. The number of fused-ring (bicyclic) bond motifs is 5. The maximum Gasteiger partial charge on any atom is 0.160 e. The first kappa shape index (κ1) is 13.4. The van der Waals surface area contributed by atoms with Gasteiger partial charge in [0.05, 0.1) is 51.1 Å². The lowest BCUT2D eigenvalue weighted by atomic mass is 9.81. The van der Waals surface area contributed by atoms with Crippen molar-refractivity contribution in [1.82, 2.24) is 9.97 Å². The zero-order valence-corrected chi connectivity index (χ0v) is 27.5. The van der Waals surface area contributed by atoms with Gasteiger partial charge in [-0.3, -0.25) is 0 Å². The summed E-state index contributed by atoms with van der Waals surface area (Å²) in [6.45, 7) is 3.00. The highest BCUT2D eigenvalue weighted by atomic mass is 14.9. The van der Waals surface area contributed by atoms with E-state index in [2.05, 4.69) is 9.97 Å². The molecule has 0 aliphatic heterocycles. The maximum atomic E-state index is 9.95. The second-order valence-electron chi connectivity index (χ2n) is 12.3. The average molecular weight is 706 g/mol. The van der Waals surface area contributed by atoms with Gasteiger partial charge >= 0.3 is 0 Å². The van der Waals surface area contributed by atoms with Crippen molar-refractivity contribution in [3.8, 4) is 67.3 Å². The fraction of sp³-hybridized carbons (Fsp3) is 0.0588. The minimum Gasteiger partial charge on any atom is -0.228 e. The molecule has 0 fully saturated rings. The second kappa shape index (κ2) is 12.3. The predicted molar refractivity (Wildman–Crippen MR) is 222 cm³/mol. The molecule has 0 saturated carbocycles. The molecule has 250 valence electrons. The van der Waals surface area contributed by atoms with Crippen molar-refractivity contribution >= 4 is 21.5 Å². The van der Waals surface area contributed by atoms with Crippen LogP contribution in [-0.4, -0.2) is 9.97 Å². The van der Waals surface area contributed by atoms with E-state index in [1.165, 1.54) is 13.8 Å². The molecule has 0 atom stereocenters. The first-order valence-corrected chi connectivity index (χ1v) is 16.0. The van der Waals surface area contributed by atoms with E-state index in [9.17, 15) is 13.7 Å². The summed E-state index contributed by atoms with van der Waals surface area (Å²) in [4.78, 5) is 8.93. The largest absolute Gasteiger partial charge is 0.228 e. The molecule has 0 unspecified atom stereocenters. The number of nitrogens with zero attached hydrogens (tertiary/aromatic N) is 2. The molecular weight excluding hydrogens is 641 g/mol. The summed E-state index contributed by atoms with van der Waals surface area (Å²) >= 11 is 0. The van der Waals surface area contributed by atoms with Crippen LogP contribution in [0.15, 0.2) is 181 Å².